The Labute approximate surface area is 236 Å². The van der Waals surface area contributed by atoms with E-state index in [1.807, 2.05) is 54.6 Å². The fourth-order valence-electron chi connectivity index (χ4n) is 4.22. The normalized spacial score (nSPS) is 10.6. The van der Waals surface area contributed by atoms with E-state index in [1.54, 1.807) is 0 Å². The van der Waals surface area contributed by atoms with Crippen LogP contribution in [0.25, 0.3) is 28.2 Å². The molecule has 5 nitrogen and oxygen atoms in total. The molecule has 182 valence electrons. The minimum Gasteiger partial charge on any atom is -1.00 e. The number of rotatable bonds is 13. The summed E-state index contributed by atoms with van der Waals surface area (Å²) in [4.78, 5) is 15.6. The Kier molecular flexibility index (Phi) is 11.3. The SMILES string of the molecule is O=C(O)CCCCCCCCOc1nc(-c2ccccc2)c(-c2ccccc2)n1-c1ccccc1.[H-].[Na+]. The maximum Gasteiger partial charge on any atom is 1.00 e. The topological polar surface area (TPSA) is 64.3 Å². The molecule has 0 aliphatic carbocycles. The average molecular weight is 493 g/mol. The number of aliphatic carboxylic acids is 1. The Balaban J connectivity index is 0.00000241. The van der Waals surface area contributed by atoms with E-state index < -0.39 is 5.97 Å². The van der Waals surface area contributed by atoms with Crippen LogP contribution >= 0.6 is 0 Å². The van der Waals surface area contributed by atoms with Gasteiger partial charge in [-0.05, 0) is 25.0 Å². The van der Waals surface area contributed by atoms with Gasteiger partial charge in [-0.15, -0.1) is 0 Å². The number of hydrogen-bond acceptors (Lipinski definition) is 3. The third kappa shape index (κ3) is 7.57. The van der Waals surface area contributed by atoms with Crippen molar-refractivity contribution in [3.63, 3.8) is 0 Å². The van der Waals surface area contributed by atoms with Crippen molar-refractivity contribution < 1.29 is 45.6 Å². The number of hydrogen-bond donors (Lipinski definition) is 1. The molecule has 0 saturated carbocycles. The van der Waals surface area contributed by atoms with E-state index in [2.05, 4.69) is 41.0 Å². The second-order valence-corrected chi connectivity index (χ2v) is 8.61. The quantitative estimate of drug-likeness (QED) is 0.220. The van der Waals surface area contributed by atoms with Crippen LogP contribution in [-0.2, 0) is 4.79 Å². The third-order valence-corrected chi connectivity index (χ3v) is 5.97. The summed E-state index contributed by atoms with van der Waals surface area (Å²) in [5.41, 5.74) is 5.05. The first kappa shape index (κ1) is 27.7. The van der Waals surface area contributed by atoms with Gasteiger partial charge in [0.05, 0.1) is 18.0 Å². The molecule has 1 N–H and O–H groups in total. The van der Waals surface area contributed by atoms with Crippen LogP contribution in [0.1, 0.15) is 46.4 Å². The molecule has 0 radical (unpaired) electrons. The monoisotopic (exact) mass is 492 g/mol. The van der Waals surface area contributed by atoms with Gasteiger partial charge in [0.15, 0.2) is 0 Å². The van der Waals surface area contributed by atoms with Crippen LogP contribution in [0.2, 0.25) is 0 Å². The molecule has 0 unspecified atom stereocenters. The molecular formula is C30H33N2NaO3. The fourth-order valence-corrected chi connectivity index (χ4v) is 4.22. The summed E-state index contributed by atoms with van der Waals surface area (Å²) >= 11 is 0. The molecule has 0 saturated heterocycles. The average Bonchev–Trinajstić information content (AvgIpc) is 3.28. The number of aromatic nitrogens is 2. The number of unbranched alkanes of at least 4 members (excludes halogenated alkanes) is 5. The molecule has 0 atom stereocenters. The molecular weight excluding hydrogens is 459 g/mol. The molecule has 0 aliphatic heterocycles. The van der Waals surface area contributed by atoms with Crippen LogP contribution < -0.4 is 34.3 Å². The first-order chi connectivity index (χ1) is 17.2. The minimum atomic E-state index is -0.711. The van der Waals surface area contributed by atoms with Gasteiger partial charge in [-0.3, -0.25) is 9.36 Å². The summed E-state index contributed by atoms with van der Waals surface area (Å²) in [5.74, 6) is -0.711. The van der Waals surface area contributed by atoms with Gasteiger partial charge in [0, 0.05) is 17.5 Å². The Morgan fingerprint density at radius 3 is 1.89 bits per heavy atom. The summed E-state index contributed by atoms with van der Waals surface area (Å²) in [6.45, 7) is 0.585. The van der Waals surface area contributed by atoms with Gasteiger partial charge in [0.25, 0.3) is 0 Å². The van der Waals surface area contributed by atoms with Gasteiger partial charge in [-0.1, -0.05) is 105 Å². The van der Waals surface area contributed by atoms with Crippen molar-refractivity contribution >= 4 is 5.97 Å². The summed E-state index contributed by atoms with van der Waals surface area (Å²) in [6.07, 6.45) is 6.11. The van der Waals surface area contributed by atoms with E-state index >= 15 is 0 Å². The number of carbonyl (C=O) groups is 1. The van der Waals surface area contributed by atoms with Gasteiger partial charge in [0.1, 0.15) is 5.69 Å². The largest absolute Gasteiger partial charge is 1.00 e. The summed E-state index contributed by atoms with van der Waals surface area (Å²) < 4.78 is 8.40. The standard InChI is InChI=1S/C30H32N2O3.Na.H/c33-27(34)22-14-3-1-2-4-15-23-35-30-31-28(24-16-8-5-9-17-24)29(25-18-10-6-11-19-25)32(30)26-20-12-7-13-21-26;;/h5-13,16-21H,1-4,14-15,22-23H2,(H,33,34);;/q;+1;-1. The Bertz CT molecular complexity index is 1200. The first-order valence-electron chi connectivity index (χ1n) is 12.4. The number of ether oxygens (including phenoxy) is 1. The Morgan fingerprint density at radius 2 is 1.28 bits per heavy atom. The smallest absolute Gasteiger partial charge is 1.00 e. The first-order valence-corrected chi connectivity index (χ1v) is 12.4. The predicted molar refractivity (Wildman–Crippen MR) is 141 cm³/mol. The molecule has 36 heavy (non-hydrogen) atoms. The number of nitrogens with zero attached hydrogens (tertiary/aromatic N) is 2. The van der Waals surface area contributed by atoms with Crippen molar-refractivity contribution in [3.05, 3.63) is 91.0 Å². The molecule has 1 heterocycles. The molecule has 4 rings (SSSR count). The van der Waals surface area contributed by atoms with E-state index in [1.165, 1.54) is 0 Å². The van der Waals surface area contributed by atoms with Crippen LogP contribution in [0.3, 0.4) is 0 Å². The van der Waals surface area contributed by atoms with E-state index in [4.69, 9.17) is 14.8 Å². The molecule has 0 spiro atoms. The summed E-state index contributed by atoms with van der Waals surface area (Å²) in [6, 6.07) is 31.4. The maximum absolute atomic E-state index is 10.6. The molecule has 3 aromatic carbocycles. The van der Waals surface area contributed by atoms with E-state index in [0.717, 1.165) is 66.7 Å². The predicted octanol–water partition coefficient (Wildman–Crippen LogP) is 4.52. The summed E-state index contributed by atoms with van der Waals surface area (Å²) in [5, 5.41) is 8.74. The van der Waals surface area contributed by atoms with Crippen molar-refractivity contribution in [2.75, 3.05) is 6.61 Å². The van der Waals surface area contributed by atoms with Crippen LogP contribution in [0.15, 0.2) is 91.0 Å². The zero-order valence-electron chi connectivity index (χ0n) is 22.0. The van der Waals surface area contributed by atoms with Gasteiger partial charge >= 0.3 is 41.5 Å². The number of para-hydroxylation sites is 1. The third-order valence-electron chi connectivity index (χ3n) is 5.97. The van der Waals surface area contributed by atoms with E-state index in [-0.39, 0.29) is 37.4 Å². The van der Waals surface area contributed by atoms with Crippen LogP contribution in [0, 0.1) is 0 Å². The van der Waals surface area contributed by atoms with Crippen molar-refractivity contribution in [2.45, 2.75) is 44.9 Å². The van der Waals surface area contributed by atoms with Gasteiger partial charge in [0.2, 0.25) is 0 Å². The van der Waals surface area contributed by atoms with Crippen molar-refractivity contribution in [2.24, 2.45) is 0 Å². The molecule has 0 amide bonds. The molecule has 6 heteroatoms. The zero-order valence-corrected chi connectivity index (χ0v) is 23.0. The second kappa shape index (κ2) is 14.6. The molecule has 1 aromatic heterocycles. The van der Waals surface area contributed by atoms with Crippen molar-refractivity contribution in [3.8, 4) is 34.2 Å². The fraction of sp³-hybridized carbons (Fsp3) is 0.267. The molecule has 0 bridgehead atoms. The Morgan fingerprint density at radius 1 is 0.750 bits per heavy atom. The van der Waals surface area contributed by atoms with Crippen LogP contribution in [0.5, 0.6) is 6.01 Å². The van der Waals surface area contributed by atoms with E-state index in [0.29, 0.717) is 12.6 Å². The minimum absolute atomic E-state index is 0. The zero-order chi connectivity index (χ0) is 24.3. The molecule has 0 aliphatic rings. The molecule has 0 fully saturated rings. The van der Waals surface area contributed by atoms with E-state index in [9.17, 15) is 4.79 Å². The molecule has 4 aromatic rings. The second-order valence-electron chi connectivity index (χ2n) is 8.61. The number of imidazole rings is 1. The van der Waals surface area contributed by atoms with Crippen LogP contribution in [0.4, 0.5) is 0 Å². The van der Waals surface area contributed by atoms with Crippen molar-refractivity contribution in [1.29, 1.82) is 0 Å². The van der Waals surface area contributed by atoms with Gasteiger partial charge in [-0.25, -0.2) is 0 Å². The van der Waals surface area contributed by atoms with Gasteiger partial charge in [-0.2, -0.15) is 4.98 Å². The number of carboxylic acids is 1. The number of carboxylic acid groups (broad SMARTS) is 1. The van der Waals surface area contributed by atoms with Crippen LogP contribution in [-0.4, -0.2) is 27.2 Å². The summed E-state index contributed by atoms with van der Waals surface area (Å²) in [7, 11) is 0. The number of benzene rings is 3. The Hall–Kier alpha value is -2.86. The van der Waals surface area contributed by atoms with Gasteiger partial charge < -0.3 is 11.3 Å². The van der Waals surface area contributed by atoms with Crippen molar-refractivity contribution in [1.82, 2.24) is 9.55 Å². The maximum atomic E-state index is 10.6.